The summed E-state index contributed by atoms with van der Waals surface area (Å²) in [6.45, 7) is 1.49. The zero-order valence-corrected chi connectivity index (χ0v) is 12.7. The van der Waals surface area contributed by atoms with Crippen LogP contribution >= 0.6 is 15.9 Å². The van der Waals surface area contributed by atoms with Crippen molar-refractivity contribution in [1.29, 1.82) is 0 Å². The second kappa shape index (κ2) is 7.86. The van der Waals surface area contributed by atoms with E-state index in [2.05, 4.69) is 33.8 Å². The molecule has 0 radical (unpaired) electrons. The first-order valence-electron chi connectivity index (χ1n) is 6.38. The molecule has 0 saturated carbocycles. The van der Waals surface area contributed by atoms with Gasteiger partial charge >= 0.3 is 0 Å². The highest BCUT2D eigenvalue weighted by molar-refractivity contribution is 9.10. The minimum atomic E-state index is 0.368. The van der Waals surface area contributed by atoms with Crippen molar-refractivity contribution in [2.75, 3.05) is 6.54 Å². The van der Waals surface area contributed by atoms with Gasteiger partial charge in [0.1, 0.15) is 0 Å². The van der Waals surface area contributed by atoms with E-state index >= 15 is 0 Å². The fraction of sp³-hybridized carbons (Fsp3) is 0.176. The topological polar surface area (TPSA) is 35.2 Å². The molecule has 0 unspecified atom stereocenters. The minimum absolute atomic E-state index is 0.368. The summed E-state index contributed by atoms with van der Waals surface area (Å²) in [6.07, 6.45) is 0. The average Bonchev–Trinajstić information content (AvgIpc) is 2.46. The SMILES string of the molecule is NCC#Cc1ccccc1COCc1cccc(Br)c1. The van der Waals surface area contributed by atoms with Crippen molar-refractivity contribution in [3.8, 4) is 11.8 Å². The summed E-state index contributed by atoms with van der Waals surface area (Å²) in [6, 6.07) is 16.1. The van der Waals surface area contributed by atoms with Crippen molar-refractivity contribution >= 4 is 15.9 Å². The second-order valence-corrected chi connectivity index (χ2v) is 5.20. The first-order chi connectivity index (χ1) is 9.79. The molecule has 2 nitrogen and oxygen atoms in total. The van der Waals surface area contributed by atoms with Crippen LogP contribution in [-0.4, -0.2) is 6.54 Å². The highest BCUT2D eigenvalue weighted by Crippen LogP contribution is 2.14. The van der Waals surface area contributed by atoms with Gasteiger partial charge in [0.15, 0.2) is 0 Å². The highest BCUT2D eigenvalue weighted by atomic mass is 79.9. The number of benzene rings is 2. The first kappa shape index (κ1) is 14.8. The minimum Gasteiger partial charge on any atom is -0.372 e. The monoisotopic (exact) mass is 329 g/mol. The maximum absolute atomic E-state index is 5.76. The van der Waals surface area contributed by atoms with Gasteiger partial charge in [-0.2, -0.15) is 0 Å². The molecular weight excluding hydrogens is 314 g/mol. The van der Waals surface area contributed by atoms with E-state index in [4.69, 9.17) is 10.5 Å². The standard InChI is InChI=1S/C17H16BrNO/c18-17-9-3-5-14(11-17)12-20-13-16-7-2-1-6-15(16)8-4-10-19/h1-3,5-7,9,11H,10,12-13,19H2. The predicted octanol–water partition coefficient (Wildman–Crippen LogP) is 3.48. The molecule has 0 aliphatic rings. The molecule has 0 saturated heterocycles. The Morgan fingerprint density at radius 1 is 1.05 bits per heavy atom. The van der Waals surface area contributed by atoms with E-state index in [9.17, 15) is 0 Å². The molecule has 2 aromatic carbocycles. The lowest BCUT2D eigenvalue weighted by Crippen LogP contribution is -1.97. The van der Waals surface area contributed by atoms with Crippen LogP contribution < -0.4 is 5.73 Å². The Labute approximate surface area is 128 Å². The molecule has 0 fully saturated rings. The van der Waals surface area contributed by atoms with Crippen LogP contribution in [0.4, 0.5) is 0 Å². The third-order valence-electron chi connectivity index (χ3n) is 2.76. The van der Waals surface area contributed by atoms with Gasteiger partial charge in [-0.05, 0) is 29.3 Å². The third-order valence-corrected chi connectivity index (χ3v) is 3.25. The zero-order chi connectivity index (χ0) is 14.2. The number of hydrogen-bond donors (Lipinski definition) is 1. The summed E-state index contributed by atoms with van der Waals surface area (Å²) in [5.41, 5.74) is 8.62. The van der Waals surface area contributed by atoms with Crippen molar-refractivity contribution in [2.45, 2.75) is 13.2 Å². The molecule has 0 aliphatic heterocycles. The quantitative estimate of drug-likeness (QED) is 0.871. The molecule has 0 aromatic heterocycles. The normalized spacial score (nSPS) is 9.90. The van der Waals surface area contributed by atoms with Crippen LogP contribution in [0.2, 0.25) is 0 Å². The average molecular weight is 330 g/mol. The van der Waals surface area contributed by atoms with E-state index < -0.39 is 0 Å². The van der Waals surface area contributed by atoms with Crippen molar-refractivity contribution < 1.29 is 4.74 Å². The Morgan fingerprint density at radius 2 is 1.90 bits per heavy atom. The van der Waals surface area contributed by atoms with Crippen LogP contribution in [0.1, 0.15) is 16.7 Å². The van der Waals surface area contributed by atoms with Crippen LogP contribution in [0, 0.1) is 11.8 Å². The molecule has 0 amide bonds. The maximum Gasteiger partial charge on any atom is 0.0733 e. The maximum atomic E-state index is 5.76. The third kappa shape index (κ3) is 4.50. The Balaban J connectivity index is 1.97. The van der Waals surface area contributed by atoms with Crippen LogP contribution in [0.3, 0.4) is 0 Å². The summed E-state index contributed by atoms with van der Waals surface area (Å²) < 4.78 is 6.82. The van der Waals surface area contributed by atoms with Crippen LogP contribution in [-0.2, 0) is 18.0 Å². The summed E-state index contributed by atoms with van der Waals surface area (Å²) in [5, 5.41) is 0. The van der Waals surface area contributed by atoms with Gasteiger partial charge in [-0.25, -0.2) is 0 Å². The van der Waals surface area contributed by atoms with Crippen molar-refractivity contribution in [3.05, 3.63) is 69.7 Å². The summed E-state index contributed by atoms with van der Waals surface area (Å²) >= 11 is 3.45. The van der Waals surface area contributed by atoms with Crippen LogP contribution in [0.25, 0.3) is 0 Å². The molecule has 2 aromatic rings. The molecule has 3 heteroatoms. The molecule has 2 rings (SSSR count). The first-order valence-corrected chi connectivity index (χ1v) is 7.18. The van der Waals surface area contributed by atoms with Crippen LogP contribution in [0.15, 0.2) is 53.0 Å². The molecule has 0 bridgehead atoms. The fourth-order valence-electron chi connectivity index (χ4n) is 1.82. The lowest BCUT2D eigenvalue weighted by Gasteiger charge is -2.07. The number of halogens is 1. The lowest BCUT2D eigenvalue weighted by molar-refractivity contribution is 0.107. The van der Waals surface area contributed by atoms with Gasteiger partial charge in [0.05, 0.1) is 19.8 Å². The summed E-state index contributed by atoms with van der Waals surface area (Å²) in [7, 11) is 0. The van der Waals surface area contributed by atoms with Gasteiger partial charge in [-0.1, -0.05) is 58.1 Å². The van der Waals surface area contributed by atoms with E-state index in [0.717, 1.165) is 21.2 Å². The molecule has 0 spiro atoms. The Hall–Kier alpha value is -1.60. The van der Waals surface area contributed by atoms with Gasteiger partial charge in [0, 0.05) is 10.0 Å². The molecule has 20 heavy (non-hydrogen) atoms. The number of hydrogen-bond acceptors (Lipinski definition) is 2. The van der Waals surface area contributed by atoms with E-state index in [1.807, 2.05) is 42.5 Å². The van der Waals surface area contributed by atoms with Crippen molar-refractivity contribution in [1.82, 2.24) is 0 Å². The summed E-state index contributed by atoms with van der Waals surface area (Å²) in [5.74, 6) is 5.94. The number of ether oxygens (including phenoxy) is 1. The van der Waals surface area contributed by atoms with Gasteiger partial charge < -0.3 is 10.5 Å². The highest BCUT2D eigenvalue weighted by Gasteiger charge is 2.00. The van der Waals surface area contributed by atoms with E-state index in [-0.39, 0.29) is 0 Å². The molecule has 102 valence electrons. The second-order valence-electron chi connectivity index (χ2n) is 4.29. The lowest BCUT2D eigenvalue weighted by atomic mass is 10.1. The Bertz CT molecular complexity index is 628. The zero-order valence-electron chi connectivity index (χ0n) is 11.1. The van der Waals surface area contributed by atoms with Gasteiger partial charge in [0.2, 0.25) is 0 Å². The molecule has 0 heterocycles. The fourth-order valence-corrected chi connectivity index (χ4v) is 2.27. The van der Waals surface area contributed by atoms with Crippen LogP contribution in [0.5, 0.6) is 0 Å². The number of nitrogens with two attached hydrogens (primary N) is 1. The van der Waals surface area contributed by atoms with E-state index in [1.54, 1.807) is 0 Å². The van der Waals surface area contributed by atoms with Gasteiger partial charge in [-0.15, -0.1) is 0 Å². The van der Waals surface area contributed by atoms with Crippen molar-refractivity contribution in [2.24, 2.45) is 5.73 Å². The smallest absolute Gasteiger partial charge is 0.0733 e. The molecular formula is C17H16BrNO. The Morgan fingerprint density at radius 3 is 2.70 bits per heavy atom. The summed E-state index contributed by atoms with van der Waals surface area (Å²) in [4.78, 5) is 0. The molecule has 0 atom stereocenters. The van der Waals surface area contributed by atoms with E-state index in [0.29, 0.717) is 19.8 Å². The van der Waals surface area contributed by atoms with Gasteiger partial charge in [0.25, 0.3) is 0 Å². The Kier molecular flexibility index (Phi) is 5.82. The molecule has 2 N–H and O–H groups in total. The number of rotatable bonds is 4. The van der Waals surface area contributed by atoms with E-state index in [1.165, 1.54) is 0 Å². The van der Waals surface area contributed by atoms with Crippen molar-refractivity contribution in [3.63, 3.8) is 0 Å². The molecule has 0 aliphatic carbocycles. The van der Waals surface area contributed by atoms with Gasteiger partial charge in [-0.3, -0.25) is 0 Å². The predicted molar refractivity (Wildman–Crippen MR) is 85.0 cm³/mol. The largest absolute Gasteiger partial charge is 0.372 e.